The fourth-order valence-corrected chi connectivity index (χ4v) is 4.31. The van der Waals surface area contributed by atoms with Crippen molar-refractivity contribution in [3.63, 3.8) is 0 Å². The lowest BCUT2D eigenvalue weighted by molar-refractivity contribution is 0.0953. The van der Waals surface area contributed by atoms with E-state index in [9.17, 15) is 14.7 Å². The number of nitrogens with zero attached hydrogens (tertiary/aromatic N) is 2. The second-order valence-electron chi connectivity index (χ2n) is 7.67. The average molecular weight is 500 g/mol. The number of hydrogen-bond donors (Lipinski definition) is 2. The number of benzene rings is 4. The molecule has 0 spiro atoms. The predicted molar refractivity (Wildman–Crippen MR) is 132 cm³/mol. The first-order chi connectivity index (χ1) is 16.0. The van der Waals surface area contributed by atoms with E-state index in [2.05, 4.69) is 26.5 Å². The summed E-state index contributed by atoms with van der Waals surface area (Å²) in [5.41, 5.74) is 5.90. The van der Waals surface area contributed by atoms with Crippen LogP contribution in [0.15, 0.2) is 88.4 Å². The average Bonchev–Trinajstić information content (AvgIpc) is 3.10. The molecule has 1 aliphatic heterocycles. The Morgan fingerprint density at radius 1 is 1.03 bits per heavy atom. The molecule has 0 saturated carbocycles. The fraction of sp³-hybridized carbons (Fsp3) is 0.0385. The quantitative estimate of drug-likeness (QED) is 0.291. The third-order valence-electron chi connectivity index (χ3n) is 5.57. The summed E-state index contributed by atoms with van der Waals surface area (Å²) in [6.07, 6.45) is 1.38. The third-order valence-corrected chi connectivity index (χ3v) is 6.06. The Morgan fingerprint density at radius 3 is 2.58 bits per heavy atom. The van der Waals surface area contributed by atoms with Crippen molar-refractivity contribution in [1.29, 1.82) is 0 Å². The number of carbonyl (C=O) groups excluding carboxylic acids is 2. The first kappa shape index (κ1) is 20.9. The first-order valence-corrected chi connectivity index (χ1v) is 11.0. The molecule has 1 aliphatic rings. The van der Waals surface area contributed by atoms with Crippen molar-refractivity contribution in [3.05, 3.63) is 106 Å². The largest absolute Gasteiger partial charge is 0.507 e. The highest BCUT2D eigenvalue weighted by atomic mass is 79.9. The molecule has 0 bridgehead atoms. The fourth-order valence-electron chi connectivity index (χ4n) is 3.93. The van der Waals surface area contributed by atoms with E-state index in [0.29, 0.717) is 23.2 Å². The van der Waals surface area contributed by atoms with Gasteiger partial charge in [-0.05, 0) is 53.4 Å². The van der Waals surface area contributed by atoms with Crippen molar-refractivity contribution in [2.45, 2.75) is 6.54 Å². The van der Waals surface area contributed by atoms with E-state index in [0.717, 1.165) is 26.5 Å². The predicted octanol–water partition coefficient (Wildman–Crippen LogP) is 5.23. The van der Waals surface area contributed by atoms with Crippen LogP contribution in [0.5, 0.6) is 5.75 Å². The number of anilines is 1. The van der Waals surface area contributed by atoms with Crippen LogP contribution in [-0.4, -0.2) is 23.1 Å². The van der Waals surface area contributed by atoms with Gasteiger partial charge < -0.3 is 10.0 Å². The Kier molecular flexibility index (Phi) is 5.40. The van der Waals surface area contributed by atoms with E-state index >= 15 is 0 Å². The number of hydrazone groups is 1. The molecule has 0 fully saturated rings. The van der Waals surface area contributed by atoms with Gasteiger partial charge in [0.05, 0.1) is 18.4 Å². The van der Waals surface area contributed by atoms with Crippen LogP contribution in [0.25, 0.3) is 10.8 Å². The van der Waals surface area contributed by atoms with Crippen molar-refractivity contribution in [2.75, 3.05) is 4.90 Å². The minimum atomic E-state index is -0.373. The Morgan fingerprint density at radius 2 is 1.79 bits per heavy atom. The SMILES string of the molecule is O=C(NN=Cc1cc(Br)ccc1O)c1ccc(CN2C(=O)c3cccc4cccc2c34)cc1. The van der Waals surface area contributed by atoms with Crippen LogP contribution < -0.4 is 10.3 Å². The van der Waals surface area contributed by atoms with E-state index in [1.165, 1.54) is 12.3 Å². The smallest absolute Gasteiger partial charge is 0.271 e. The monoisotopic (exact) mass is 499 g/mol. The molecule has 1 heterocycles. The summed E-state index contributed by atoms with van der Waals surface area (Å²) < 4.78 is 0.791. The van der Waals surface area contributed by atoms with Crippen molar-refractivity contribution < 1.29 is 14.7 Å². The lowest BCUT2D eigenvalue weighted by atomic mass is 10.1. The van der Waals surface area contributed by atoms with Crippen molar-refractivity contribution in [1.82, 2.24) is 5.43 Å². The summed E-state index contributed by atoms with van der Waals surface area (Å²) in [4.78, 5) is 27.1. The van der Waals surface area contributed by atoms with Gasteiger partial charge in [0.15, 0.2) is 0 Å². The Bertz CT molecular complexity index is 1430. The Labute approximate surface area is 198 Å². The number of rotatable bonds is 5. The molecule has 7 heteroatoms. The second-order valence-corrected chi connectivity index (χ2v) is 8.59. The molecule has 0 unspecified atom stereocenters. The molecular weight excluding hydrogens is 482 g/mol. The molecule has 5 rings (SSSR count). The zero-order valence-electron chi connectivity index (χ0n) is 17.3. The summed E-state index contributed by atoms with van der Waals surface area (Å²) in [7, 11) is 0. The van der Waals surface area contributed by atoms with Gasteiger partial charge in [0.25, 0.3) is 11.8 Å². The van der Waals surface area contributed by atoms with Crippen LogP contribution in [0.1, 0.15) is 31.8 Å². The van der Waals surface area contributed by atoms with E-state index in [1.54, 1.807) is 29.2 Å². The molecule has 162 valence electrons. The summed E-state index contributed by atoms with van der Waals surface area (Å²) in [5.74, 6) is -0.328. The number of nitrogens with one attached hydrogen (secondary N) is 1. The highest BCUT2D eigenvalue weighted by Crippen LogP contribution is 2.37. The summed E-state index contributed by atoms with van der Waals surface area (Å²) >= 11 is 3.33. The molecular formula is C26H18BrN3O3. The van der Waals surface area contributed by atoms with Gasteiger partial charge in [0.2, 0.25) is 0 Å². The van der Waals surface area contributed by atoms with Crippen LogP contribution in [0.4, 0.5) is 5.69 Å². The molecule has 2 N–H and O–H groups in total. The summed E-state index contributed by atoms with van der Waals surface area (Å²) in [5, 5.41) is 15.8. The molecule has 4 aromatic rings. The molecule has 33 heavy (non-hydrogen) atoms. The van der Waals surface area contributed by atoms with Crippen LogP contribution in [-0.2, 0) is 6.54 Å². The first-order valence-electron chi connectivity index (χ1n) is 10.3. The lowest BCUT2D eigenvalue weighted by Gasteiger charge is -2.18. The Balaban J connectivity index is 1.28. The maximum Gasteiger partial charge on any atom is 0.271 e. The van der Waals surface area contributed by atoms with E-state index in [1.807, 2.05) is 48.5 Å². The molecule has 2 amide bonds. The zero-order valence-corrected chi connectivity index (χ0v) is 18.9. The summed E-state index contributed by atoms with van der Waals surface area (Å²) in [6.45, 7) is 0.412. The number of halogens is 1. The van der Waals surface area contributed by atoms with Gasteiger partial charge in [0.1, 0.15) is 5.75 Å². The molecule has 0 radical (unpaired) electrons. The van der Waals surface area contributed by atoms with Gasteiger partial charge in [0, 0.05) is 26.5 Å². The highest BCUT2D eigenvalue weighted by Gasteiger charge is 2.29. The van der Waals surface area contributed by atoms with E-state index in [-0.39, 0.29) is 17.6 Å². The number of phenolic OH excluding ortho intramolecular Hbond substituents is 1. The minimum absolute atomic E-state index is 0.0197. The highest BCUT2D eigenvalue weighted by molar-refractivity contribution is 9.10. The molecule has 6 nitrogen and oxygen atoms in total. The second kappa shape index (κ2) is 8.52. The van der Waals surface area contributed by atoms with Gasteiger partial charge in [-0.3, -0.25) is 9.59 Å². The van der Waals surface area contributed by atoms with Crippen LogP contribution in [0, 0.1) is 0 Å². The van der Waals surface area contributed by atoms with Gasteiger partial charge in [-0.1, -0.05) is 52.3 Å². The van der Waals surface area contributed by atoms with Crippen LogP contribution in [0.3, 0.4) is 0 Å². The number of phenols is 1. The van der Waals surface area contributed by atoms with E-state index in [4.69, 9.17) is 0 Å². The van der Waals surface area contributed by atoms with Gasteiger partial charge in [-0.15, -0.1) is 0 Å². The lowest BCUT2D eigenvalue weighted by Crippen LogP contribution is -2.26. The number of amides is 2. The number of hydrogen-bond acceptors (Lipinski definition) is 4. The molecule has 4 aromatic carbocycles. The zero-order chi connectivity index (χ0) is 22.9. The normalized spacial score (nSPS) is 12.6. The van der Waals surface area contributed by atoms with Crippen molar-refractivity contribution >= 4 is 50.4 Å². The minimum Gasteiger partial charge on any atom is -0.507 e. The van der Waals surface area contributed by atoms with Crippen molar-refractivity contribution in [3.8, 4) is 5.75 Å². The maximum absolute atomic E-state index is 13.0. The molecule has 0 aliphatic carbocycles. The van der Waals surface area contributed by atoms with Gasteiger partial charge >= 0.3 is 0 Å². The van der Waals surface area contributed by atoms with E-state index < -0.39 is 0 Å². The standard InChI is InChI=1S/C26H18BrN3O3/c27-20-11-12-23(31)19(13-20)14-28-29-25(32)18-9-7-16(8-10-18)15-30-22-6-2-4-17-3-1-5-21(24(17)22)26(30)33/h1-14,31H,15H2,(H,29,32). The van der Waals surface area contributed by atoms with Crippen LogP contribution >= 0.6 is 15.9 Å². The maximum atomic E-state index is 13.0. The third kappa shape index (κ3) is 3.99. The van der Waals surface area contributed by atoms with Gasteiger partial charge in [-0.2, -0.15) is 5.10 Å². The summed E-state index contributed by atoms with van der Waals surface area (Å²) in [6, 6.07) is 23.7. The molecule has 0 atom stereocenters. The van der Waals surface area contributed by atoms with Gasteiger partial charge in [-0.25, -0.2) is 5.43 Å². The molecule has 0 saturated heterocycles. The van der Waals surface area contributed by atoms with Crippen molar-refractivity contribution in [2.24, 2.45) is 5.10 Å². The number of aromatic hydroxyl groups is 1. The van der Waals surface area contributed by atoms with Crippen LogP contribution in [0.2, 0.25) is 0 Å². The molecule has 0 aromatic heterocycles. The Hall–Kier alpha value is -3.97. The topological polar surface area (TPSA) is 82.0 Å². The number of carbonyl (C=O) groups is 2.